The molecule has 0 saturated carbocycles. The molecule has 0 spiro atoms. The van der Waals surface area contributed by atoms with E-state index in [1.807, 2.05) is 49.4 Å². The molecule has 0 radical (unpaired) electrons. The van der Waals surface area contributed by atoms with Crippen LogP contribution in [0.3, 0.4) is 0 Å². The van der Waals surface area contributed by atoms with Gasteiger partial charge in [-0.2, -0.15) is 0 Å². The van der Waals surface area contributed by atoms with E-state index in [1.54, 1.807) is 11.8 Å². The largest absolute Gasteiger partial charge is 0.324 e. The second-order valence-corrected chi connectivity index (χ2v) is 3.62. The summed E-state index contributed by atoms with van der Waals surface area (Å²) in [7, 11) is 0. The van der Waals surface area contributed by atoms with E-state index in [0.29, 0.717) is 13.1 Å². The Bertz CT molecular complexity index is 437. The summed E-state index contributed by atoms with van der Waals surface area (Å²) in [5.74, 6) is 5.09. The highest BCUT2D eigenvalue weighted by molar-refractivity contribution is 5.93. The van der Waals surface area contributed by atoms with Crippen molar-refractivity contribution in [1.29, 1.82) is 0 Å². The average Bonchev–Trinajstić information content (AvgIpc) is 2.36. The molecule has 0 unspecified atom stereocenters. The zero-order valence-electron chi connectivity index (χ0n) is 10.3. The van der Waals surface area contributed by atoms with Crippen molar-refractivity contribution in [3.8, 4) is 11.8 Å². The van der Waals surface area contributed by atoms with Crippen LogP contribution in [0.25, 0.3) is 0 Å². The van der Waals surface area contributed by atoms with Gasteiger partial charge in [-0.05, 0) is 25.3 Å². The first kappa shape index (κ1) is 13.1. The van der Waals surface area contributed by atoms with Crippen molar-refractivity contribution in [3.63, 3.8) is 0 Å². The van der Waals surface area contributed by atoms with Gasteiger partial charge >= 0.3 is 0 Å². The Morgan fingerprint density at radius 3 is 2.65 bits per heavy atom. The Morgan fingerprint density at radius 1 is 1.35 bits per heavy atom. The second-order valence-electron chi connectivity index (χ2n) is 3.62. The Labute approximate surface area is 103 Å². The van der Waals surface area contributed by atoms with Crippen LogP contribution >= 0.6 is 0 Å². The van der Waals surface area contributed by atoms with Crippen molar-refractivity contribution >= 4 is 5.91 Å². The Morgan fingerprint density at radius 2 is 2.06 bits per heavy atom. The standard InChI is InChI=1S/C15H17NO/c1-3-5-12-16(15(17)9-4-2)13-14-10-7-6-8-11-14/h3,5-8,10-11H,12-13H2,1-2H3/b5-3-. The summed E-state index contributed by atoms with van der Waals surface area (Å²) in [6.45, 7) is 4.81. The third kappa shape index (κ3) is 4.56. The Balaban J connectivity index is 2.75. The van der Waals surface area contributed by atoms with Crippen LogP contribution < -0.4 is 0 Å². The van der Waals surface area contributed by atoms with Crippen LogP contribution in [0, 0.1) is 11.8 Å². The molecular formula is C15H17NO. The molecule has 2 nitrogen and oxygen atoms in total. The number of carbonyl (C=O) groups is 1. The van der Waals surface area contributed by atoms with Crippen LogP contribution in [0.15, 0.2) is 42.5 Å². The third-order valence-electron chi connectivity index (χ3n) is 2.30. The fourth-order valence-electron chi connectivity index (χ4n) is 1.44. The highest BCUT2D eigenvalue weighted by Gasteiger charge is 2.09. The summed E-state index contributed by atoms with van der Waals surface area (Å²) >= 11 is 0. The minimum absolute atomic E-state index is 0.130. The third-order valence-corrected chi connectivity index (χ3v) is 2.30. The first-order valence-electron chi connectivity index (χ1n) is 5.64. The van der Waals surface area contributed by atoms with Crippen molar-refractivity contribution in [2.45, 2.75) is 20.4 Å². The van der Waals surface area contributed by atoms with Crippen LogP contribution in [0.4, 0.5) is 0 Å². The molecule has 1 aromatic rings. The van der Waals surface area contributed by atoms with E-state index in [9.17, 15) is 4.79 Å². The number of benzene rings is 1. The fraction of sp³-hybridized carbons (Fsp3) is 0.267. The first-order chi connectivity index (χ1) is 8.27. The summed E-state index contributed by atoms with van der Waals surface area (Å²) in [6, 6.07) is 9.93. The second kappa shape index (κ2) is 7.29. The number of amides is 1. The molecule has 88 valence electrons. The molecule has 0 heterocycles. The molecule has 2 heteroatoms. The van der Waals surface area contributed by atoms with Gasteiger partial charge in [0.2, 0.25) is 0 Å². The van der Waals surface area contributed by atoms with Gasteiger partial charge in [-0.1, -0.05) is 48.4 Å². The van der Waals surface area contributed by atoms with E-state index >= 15 is 0 Å². The van der Waals surface area contributed by atoms with Gasteiger partial charge in [-0.15, -0.1) is 0 Å². The molecule has 0 saturated heterocycles. The lowest BCUT2D eigenvalue weighted by atomic mass is 10.2. The number of hydrogen-bond donors (Lipinski definition) is 0. The lowest BCUT2D eigenvalue weighted by Gasteiger charge is -2.18. The summed E-state index contributed by atoms with van der Waals surface area (Å²) in [5, 5.41) is 0. The summed E-state index contributed by atoms with van der Waals surface area (Å²) in [5.41, 5.74) is 1.11. The van der Waals surface area contributed by atoms with Gasteiger partial charge in [0.1, 0.15) is 0 Å². The van der Waals surface area contributed by atoms with E-state index in [2.05, 4.69) is 11.8 Å². The molecular weight excluding hydrogens is 210 g/mol. The molecule has 1 rings (SSSR count). The number of carbonyl (C=O) groups excluding carboxylic acids is 1. The monoisotopic (exact) mass is 227 g/mol. The predicted molar refractivity (Wildman–Crippen MR) is 70.1 cm³/mol. The maximum Gasteiger partial charge on any atom is 0.299 e. The van der Waals surface area contributed by atoms with Gasteiger partial charge in [0.25, 0.3) is 5.91 Å². The van der Waals surface area contributed by atoms with E-state index in [4.69, 9.17) is 0 Å². The van der Waals surface area contributed by atoms with Crippen LogP contribution in [0.5, 0.6) is 0 Å². The van der Waals surface area contributed by atoms with Gasteiger partial charge in [0.05, 0.1) is 0 Å². The van der Waals surface area contributed by atoms with Crippen LogP contribution in [0.1, 0.15) is 19.4 Å². The summed E-state index contributed by atoms with van der Waals surface area (Å²) in [4.78, 5) is 13.5. The smallest absolute Gasteiger partial charge is 0.299 e. The van der Waals surface area contributed by atoms with Crippen molar-refractivity contribution in [3.05, 3.63) is 48.0 Å². The van der Waals surface area contributed by atoms with Crippen LogP contribution in [-0.2, 0) is 11.3 Å². The highest BCUT2D eigenvalue weighted by atomic mass is 16.2. The topological polar surface area (TPSA) is 20.3 Å². The predicted octanol–water partition coefficient (Wildman–Crippen LogP) is 2.61. The van der Waals surface area contributed by atoms with Crippen molar-refractivity contribution < 1.29 is 4.79 Å². The quantitative estimate of drug-likeness (QED) is 0.572. The minimum Gasteiger partial charge on any atom is -0.324 e. The van der Waals surface area contributed by atoms with Gasteiger partial charge in [0, 0.05) is 13.1 Å². The maximum absolute atomic E-state index is 11.8. The molecule has 0 aliphatic rings. The first-order valence-corrected chi connectivity index (χ1v) is 5.64. The number of rotatable bonds is 4. The van der Waals surface area contributed by atoms with E-state index < -0.39 is 0 Å². The Kier molecular flexibility index (Phi) is 5.60. The zero-order valence-corrected chi connectivity index (χ0v) is 10.3. The molecule has 0 aliphatic heterocycles. The lowest BCUT2D eigenvalue weighted by Crippen LogP contribution is -2.29. The van der Waals surface area contributed by atoms with Crippen molar-refractivity contribution in [2.24, 2.45) is 0 Å². The molecule has 1 amide bonds. The maximum atomic E-state index is 11.8. The molecule has 0 N–H and O–H groups in total. The fourth-order valence-corrected chi connectivity index (χ4v) is 1.44. The number of allylic oxidation sites excluding steroid dienone is 1. The van der Waals surface area contributed by atoms with E-state index in [1.165, 1.54) is 0 Å². The van der Waals surface area contributed by atoms with Gasteiger partial charge in [-0.3, -0.25) is 4.79 Å². The molecule has 0 aromatic heterocycles. The molecule has 17 heavy (non-hydrogen) atoms. The molecule has 0 bridgehead atoms. The molecule has 1 aromatic carbocycles. The minimum atomic E-state index is -0.130. The van der Waals surface area contributed by atoms with Crippen LogP contribution in [0.2, 0.25) is 0 Å². The molecule has 0 fully saturated rings. The highest BCUT2D eigenvalue weighted by Crippen LogP contribution is 2.04. The molecule has 0 aliphatic carbocycles. The summed E-state index contributed by atoms with van der Waals surface area (Å²) < 4.78 is 0. The van der Waals surface area contributed by atoms with Gasteiger partial charge in [-0.25, -0.2) is 0 Å². The molecule has 0 atom stereocenters. The van der Waals surface area contributed by atoms with Gasteiger partial charge < -0.3 is 4.90 Å². The van der Waals surface area contributed by atoms with Crippen LogP contribution in [-0.4, -0.2) is 17.4 Å². The number of hydrogen-bond acceptors (Lipinski definition) is 1. The van der Waals surface area contributed by atoms with E-state index in [-0.39, 0.29) is 5.91 Å². The average molecular weight is 227 g/mol. The zero-order chi connectivity index (χ0) is 12.5. The van der Waals surface area contributed by atoms with E-state index in [0.717, 1.165) is 5.56 Å². The summed E-state index contributed by atoms with van der Waals surface area (Å²) in [6.07, 6.45) is 3.89. The normalized spacial score (nSPS) is 9.76. The van der Waals surface area contributed by atoms with Gasteiger partial charge in [0.15, 0.2) is 0 Å². The SMILES string of the molecule is CC#CC(=O)N(C/C=C\C)Cc1ccccc1. The lowest BCUT2D eigenvalue weighted by molar-refractivity contribution is -0.125. The number of nitrogens with zero attached hydrogens (tertiary/aromatic N) is 1. The van der Waals surface area contributed by atoms with Crippen molar-refractivity contribution in [1.82, 2.24) is 4.90 Å². The Hall–Kier alpha value is -2.01. The van der Waals surface area contributed by atoms with Crippen molar-refractivity contribution in [2.75, 3.05) is 6.54 Å².